The zero-order valence-electron chi connectivity index (χ0n) is 19.0. The highest BCUT2D eigenvalue weighted by atomic mass is 79.9. The first kappa shape index (κ1) is 24.3. The lowest BCUT2D eigenvalue weighted by Crippen LogP contribution is -2.37. The highest BCUT2D eigenvalue weighted by molar-refractivity contribution is 9.10. The molecule has 32 heavy (non-hydrogen) atoms. The molecule has 1 saturated heterocycles. The van der Waals surface area contributed by atoms with Crippen LogP contribution >= 0.6 is 15.9 Å². The minimum absolute atomic E-state index is 0.0242. The fraction of sp³-hybridized carbons (Fsp3) is 0.462. The Kier molecular flexibility index (Phi) is 9.15. The maximum absolute atomic E-state index is 12.8. The standard InChI is InChI=1S/C26H33BrN2O3/c1-3-4-5-6-16-32-24-11-10-20(18-23(24)27)25(30)28-22-9-7-8-21(17-22)26(31)29-14-12-19(2)13-15-29/h7-11,17-19H,3-6,12-16H2,1-2H3,(H,28,30). The normalized spacial score (nSPS) is 14.3. The van der Waals surface area contributed by atoms with Gasteiger partial charge in [0.1, 0.15) is 5.75 Å². The SMILES string of the molecule is CCCCCCOc1ccc(C(=O)Nc2cccc(C(=O)N3CCC(C)CC3)c2)cc1Br. The third-order valence-corrected chi connectivity index (χ3v) is 6.51. The summed E-state index contributed by atoms with van der Waals surface area (Å²) in [6.45, 7) is 6.66. The largest absolute Gasteiger partial charge is 0.492 e. The number of hydrogen-bond donors (Lipinski definition) is 1. The number of rotatable bonds is 9. The molecule has 0 atom stereocenters. The Balaban J connectivity index is 1.59. The van der Waals surface area contributed by atoms with Crippen LogP contribution in [0.25, 0.3) is 0 Å². The van der Waals surface area contributed by atoms with Crippen LogP contribution in [0.5, 0.6) is 5.75 Å². The van der Waals surface area contributed by atoms with E-state index in [1.54, 1.807) is 36.4 Å². The van der Waals surface area contributed by atoms with Crippen LogP contribution < -0.4 is 10.1 Å². The minimum atomic E-state index is -0.225. The van der Waals surface area contributed by atoms with E-state index in [2.05, 4.69) is 35.1 Å². The quantitative estimate of drug-likeness (QED) is 0.398. The van der Waals surface area contributed by atoms with Crippen LogP contribution in [0.15, 0.2) is 46.9 Å². The smallest absolute Gasteiger partial charge is 0.255 e. The van der Waals surface area contributed by atoms with Crippen molar-refractivity contribution in [1.82, 2.24) is 4.90 Å². The number of nitrogens with zero attached hydrogens (tertiary/aromatic N) is 1. The number of piperidine rings is 1. The lowest BCUT2D eigenvalue weighted by atomic mass is 9.98. The number of halogens is 1. The summed E-state index contributed by atoms with van der Waals surface area (Å²) >= 11 is 3.51. The highest BCUT2D eigenvalue weighted by Crippen LogP contribution is 2.27. The summed E-state index contributed by atoms with van der Waals surface area (Å²) in [5, 5.41) is 2.91. The summed E-state index contributed by atoms with van der Waals surface area (Å²) in [7, 11) is 0. The third kappa shape index (κ3) is 6.83. The molecule has 2 aromatic rings. The summed E-state index contributed by atoms with van der Waals surface area (Å²) in [4.78, 5) is 27.5. The first-order chi connectivity index (χ1) is 15.5. The number of ether oxygens (including phenoxy) is 1. The Labute approximate surface area is 199 Å². The van der Waals surface area contributed by atoms with Gasteiger partial charge in [-0.3, -0.25) is 9.59 Å². The Morgan fingerprint density at radius 3 is 2.56 bits per heavy atom. The molecule has 1 fully saturated rings. The summed E-state index contributed by atoms with van der Waals surface area (Å²) in [6.07, 6.45) is 6.67. The molecule has 2 amide bonds. The maximum Gasteiger partial charge on any atom is 0.255 e. The fourth-order valence-corrected chi connectivity index (χ4v) is 4.29. The highest BCUT2D eigenvalue weighted by Gasteiger charge is 2.21. The zero-order chi connectivity index (χ0) is 22.9. The van der Waals surface area contributed by atoms with Gasteiger partial charge < -0.3 is 15.0 Å². The second kappa shape index (κ2) is 12.0. The third-order valence-electron chi connectivity index (χ3n) is 5.89. The van der Waals surface area contributed by atoms with Gasteiger partial charge in [-0.25, -0.2) is 0 Å². The predicted octanol–water partition coefficient (Wildman–Crippen LogP) is 6.53. The van der Waals surface area contributed by atoms with Crippen molar-refractivity contribution in [3.63, 3.8) is 0 Å². The van der Waals surface area contributed by atoms with Crippen LogP contribution in [0.3, 0.4) is 0 Å². The van der Waals surface area contributed by atoms with Crippen molar-refractivity contribution in [2.24, 2.45) is 5.92 Å². The molecule has 0 unspecified atom stereocenters. The number of nitrogens with one attached hydrogen (secondary N) is 1. The van der Waals surface area contributed by atoms with Crippen molar-refractivity contribution in [3.8, 4) is 5.75 Å². The van der Waals surface area contributed by atoms with Crippen molar-refractivity contribution in [3.05, 3.63) is 58.1 Å². The summed E-state index contributed by atoms with van der Waals surface area (Å²) in [5.41, 5.74) is 1.74. The van der Waals surface area contributed by atoms with E-state index in [9.17, 15) is 9.59 Å². The average Bonchev–Trinajstić information content (AvgIpc) is 2.80. The molecule has 1 aliphatic heterocycles. The van der Waals surface area contributed by atoms with Gasteiger partial charge in [-0.1, -0.05) is 39.2 Å². The van der Waals surface area contributed by atoms with Gasteiger partial charge in [0.05, 0.1) is 11.1 Å². The molecule has 0 aliphatic carbocycles. The van der Waals surface area contributed by atoms with Gasteiger partial charge in [0.15, 0.2) is 0 Å². The molecule has 172 valence electrons. The predicted molar refractivity (Wildman–Crippen MR) is 132 cm³/mol. The Hall–Kier alpha value is -2.34. The molecule has 3 rings (SSSR count). The zero-order valence-corrected chi connectivity index (χ0v) is 20.6. The van der Waals surface area contributed by atoms with Crippen LogP contribution in [0, 0.1) is 5.92 Å². The monoisotopic (exact) mass is 500 g/mol. The fourth-order valence-electron chi connectivity index (χ4n) is 3.80. The number of carbonyl (C=O) groups is 2. The van der Waals surface area contributed by atoms with Gasteiger partial charge in [0, 0.05) is 29.9 Å². The molecule has 0 spiro atoms. The number of anilines is 1. The van der Waals surface area contributed by atoms with E-state index >= 15 is 0 Å². The summed E-state index contributed by atoms with van der Waals surface area (Å²) < 4.78 is 6.58. The molecule has 1 N–H and O–H groups in total. The lowest BCUT2D eigenvalue weighted by molar-refractivity contribution is 0.0697. The van der Waals surface area contributed by atoms with Crippen LogP contribution in [0.4, 0.5) is 5.69 Å². The van der Waals surface area contributed by atoms with E-state index in [0.29, 0.717) is 29.3 Å². The second-order valence-corrected chi connectivity index (χ2v) is 9.42. The minimum Gasteiger partial charge on any atom is -0.492 e. The number of hydrogen-bond acceptors (Lipinski definition) is 3. The van der Waals surface area contributed by atoms with Crippen molar-refractivity contribution in [2.75, 3.05) is 25.0 Å². The van der Waals surface area contributed by atoms with Gasteiger partial charge in [0.25, 0.3) is 11.8 Å². The number of benzene rings is 2. The van der Waals surface area contributed by atoms with Crippen molar-refractivity contribution in [2.45, 2.75) is 52.4 Å². The van der Waals surface area contributed by atoms with E-state index in [1.165, 1.54) is 12.8 Å². The van der Waals surface area contributed by atoms with Crippen LogP contribution in [-0.2, 0) is 0 Å². The molecule has 6 heteroatoms. The molecule has 5 nitrogen and oxygen atoms in total. The molecule has 0 saturated carbocycles. The first-order valence-corrected chi connectivity index (χ1v) is 12.4. The Bertz CT molecular complexity index is 923. The van der Waals surface area contributed by atoms with Crippen LogP contribution in [0.1, 0.15) is 73.1 Å². The number of amides is 2. The molecule has 1 heterocycles. The number of likely N-dealkylation sites (tertiary alicyclic amines) is 1. The van der Waals surface area contributed by atoms with E-state index in [4.69, 9.17) is 4.74 Å². The van der Waals surface area contributed by atoms with Gasteiger partial charge in [-0.15, -0.1) is 0 Å². The summed E-state index contributed by atoms with van der Waals surface area (Å²) in [6, 6.07) is 12.5. The number of carbonyl (C=O) groups excluding carboxylic acids is 2. The maximum atomic E-state index is 12.8. The molecule has 0 bridgehead atoms. The van der Waals surface area contributed by atoms with E-state index in [1.807, 2.05) is 11.0 Å². The number of unbranched alkanes of at least 4 members (excludes halogenated alkanes) is 3. The van der Waals surface area contributed by atoms with Gasteiger partial charge in [-0.2, -0.15) is 0 Å². The molecule has 2 aromatic carbocycles. The Morgan fingerprint density at radius 1 is 1.06 bits per heavy atom. The summed E-state index contributed by atoms with van der Waals surface area (Å²) in [5.74, 6) is 1.20. The van der Waals surface area contributed by atoms with E-state index in [0.717, 1.165) is 49.0 Å². The van der Waals surface area contributed by atoms with Gasteiger partial charge in [-0.05, 0) is 77.5 Å². The van der Waals surface area contributed by atoms with Crippen LogP contribution in [-0.4, -0.2) is 36.4 Å². The van der Waals surface area contributed by atoms with Gasteiger partial charge in [0.2, 0.25) is 0 Å². The second-order valence-electron chi connectivity index (χ2n) is 8.56. The van der Waals surface area contributed by atoms with Crippen LogP contribution in [0.2, 0.25) is 0 Å². The van der Waals surface area contributed by atoms with E-state index in [-0.39, 0.29) is 11.8 Å². The molecular formula is C26H33BrN2O3. The molecule has 1 aliphatic rings. The topological polar surface area (TPSA) is 58.6 Å². The first-order valence-electron chi connectivity index (χ1n) is 11.6. The van der Waals surface area contributed by atoms with Crippen molar-refractivity contribution < 1.29 is 14.3 Å². The van der Waals surface area contributed by atoms with Crippen molar-refractivity contribution in [1.29, 1.82) is 0 Å². The lowest BCUT2D eigenvalue weighted by Gasteiger charge is -2.30. The molecule has 0 radical (unpaired) electrons. The van der Waals surface area contributed by atoms with E-state index < -0.39 is 0 Å². The van der Waals surface area contributed by atoms with Gasteiger partial charge >= 0.3 is 0 Å². The molecule has 0 aromatic heterocycles. The van der Waals surface area contributed by atoms with Crippen molar-refractivity contribution >= 4 is 33.4 Å². The Morgan fingerprint density at radius 2 is 1.84 bits per heavy atom. The average molecular weight is 501 g/mol. The molecular weight excluding hydrogens is 468 g/mol.